The van der Waals surface area contributed by atoms with Crippen molar-refractivity contribution in [1.29, 1.82) is 0 Å². The first kappa shape index (κ1) is 70.4. The van der Waals surface area contributed by atoms with E-state index in [4.69, 9.17) is 0 Å². The number of nitrogens with one attached hydrogen (secondary N) is 2. The van der Waals surface area contributed by atoms with Crippen LogP contribution in [0.3, 0.4) is 0 Å². The second kappa shape index (κ2) is 27.6. The van der Waals surface area contributed by atoms with Gasteiger partial charge in [-0.1, -0.05) is 88.1 Å². The number of hydrogen-bond acceptors (Lipinski definition) is 12. The fraction of sp³-hybridized carbons (Fsp3) is 0.595. The number of aliphatic hydroxyl groups is 2. The van der Waals surface area contributed by atoms with Crippen LogP contribution in [0.4, 0.5) is 8.78 Å². The van der Waals surface area contributed by atoms with Crippen LogP contribution in [-0.2, 0) is 22.4 Å². The van der Waals surface area contributed by atoms with Crippen molar-refractivity contribution in [1.82, 2.24) is 40.0 Å². The molecular weight excluding hydrogens is 1290 g/mol. The van der Waals surface area contributed by atoms with E-state index in [2.05, 4.69) is 69.7 Å². The number of aromatic nitrogens is 4. The standard InChI is InChI=1S/C42H53FN4O4.C42H49FN4O4/c2*1-40-16-12-29(48)26-28(40)9-10-32-34(40)13-17-41(2)35(32)14-18-42(41,51)15-5-19-46-20-22-47(23-21-46)39(50)33-24-27(8-11-36(33)43)25-37-30-6-3-4-7-31(30)38(49)45-44-37/h3-4,6-8,11,24,28,32,34-35,51H,5,9-10,12-23,25-26H2,1-2H3,(H,45,49);3-4,6-8,11,24,28,32,34-35,51H,9-10,12-14,16-23,25-26H2,1-2H3,(H,45,49)/t2*28-,32+,34-,35-,40-,41-,42-/m00/s1. The van der Waals surface area contributed by atoms with Crippen molar-refractivity contribution in [3.8, 4) is 11.8 Å². The summed E-state index contributed by atoms with van der Waals surface area (Å²) in [6.07, 6.45) is 20.3. The highest BCUT2D eigenvalue weighted by Crippen LogP contribution is 2.70. The number of nitrogens with zero attached hydrogens (tertiary/aromatic N) is 6. The van der Waals surface area contributed by atoms with Crippen LogP contribution in [0.1, 0.15) is 199 Å². The molecule has 14 atom stereocenters. The average Bonchev–Trinajstić information content (AvgIpc) is 1.40. The van der Waals surface area contributed by atoms with Gasteiger partial charge in [0.25, 0.3) is 22.9 Å². The van der Waals surface area contributed by atoms with Crippen LogP contribution in [0.2, 0.25) is 0 Å². The molecule has 0 spiro atoms. The lowest BCUT2D eigenvalue weighted by atomic mass is 9.44. The van der Waals surface area contributed by atoms with Crippen LogP contribution < -0.4 is 11.1 Å². The number of halogens is 2. The zero-order chi connectivity index (χ0) is 71.1. The van der Waals surface area contributed by atoms with Crippen molar-refractivity contribution in [3.05, 3.63) is 151 Å². The van der Waals surface area contributed by atoms with Crippen LogP contribution in [0, 0.1) is 92.5 Å². The van der Waals surface area contributed by atoms with Crippen LogP contribution in [0.25, 0.3) is 21.5 Å². The number of hydrogen-bond donors (Lipinski definition) is 4. The molecule has 18 heteroatoms. The number of amides is 2. The Balaban J connectivity index is 0.000000165. The molecule has 2 aromatic heterocycles. The Hall–Kier alpha value is -7.30. The molecule has 6 aromatic rings. The first-order chi connectivity index (χ1) is 49.0. The minimum Gasteiger partial charge on any atom is -0.389 e. The first-order valence-corrected chi connectivity index (χ1v) is 38.5. The molecule has 4 N–H and O–H groups in total. The number of H-pyrrole nitrogens is 2. The smallest absolute Gasteiger partial charge is 0.272 e. The maximum Gasteiger partial charge on any atom is 0.272 e. The second-order valence-corrected chi connectivity index (χ2v) is 33.9. The van der Waals surface area contributed by atoms with Crippen LogP contribution in [-0.4, -0.2) is 150 Å². The van der Waals surface area contributed by atoms with Crippen molar-refractivity contribution >= 4 is 44.9 Å². The van der Waals surface area contributed by atoms with Gasteiger partial charge >= 0.3 is 0 Å². The molecule has 0 bridgehead atoms. The second-order valence-electron chi connectivity index (χ2n) is 33.9. The number of ketones is 2. The van der Waals surface area contributed by atoms with Gasteiger partial charge in [0.2, 0.25) is 0 Å². The first-order valence-electron chi connectivity index (χ1n) is 38.5. The Bertz CT molecular complexity index is 4440. The van der Waals surface area contributed by atoms with Gasteiger partial charge < -0.3 is 20.0 Å². The fourth-order valence-electron chi connectivity index (χ4n) is 23.0. The summed E-state index contributed by atoms with van der Waals surface area (Å²) in [5.74, 6) is 10.6. The molecule has 10 aliphatic rings. The molecule has 10 fully saturated rings. The van der Waals surface area contributed by atoms with Gasteiger partial charge in [0.05, 0.1) is 45.4 Å². The number of benzene rings is 4. The van der Waals surface area contributed by atoms with E-state index in [0.717, 1.165) is 138 Å². The molecule has 0 radical (unpaired) electrons. The van der Waals surface area contributed by atoms with Crippen LogP contribution >= 0.6 is 0 Å². The molecule has 2 saturated heterocycles. The third-order valence-electron chi connectivity index (χ3n) is 29.2. The van der Waals surface area contributed by atoms with Gasteiger partial charge in [-0.2, -0.15) is 10.2 Å². The zero-order valence-corrected chi connectivity index (χ0v) is 60.1. The molecule has 102 heavy (non-hydrogen) atoms. The summed E-state index contributed by atoms with van der Waals surface area (Å²) in [4.78, 5) is 84.1. The van der Waals surface area contributed by atoms with Gasteiger partial charge in [-0.15, -0.1) is 0 Å². The van der Waals surface area contributed by atoms with E-state index in [1.54, 1.807) is 52.3 Å². The molecule has 540 valence electrons. The number of piperazine rings is 2. The molecule has 8 saturated carbocycles. The number of rotatable bonds is 11. The minimum atomic E-state index is -1.000. The predicted molar refractivity (Wildman–Crippen MR) is 388 cm³/mol. The summed E-state index contributed by atoms with van der Waals surface area (Å²) in [6.45, 7) is 15.7. The Morgan fingerprint density at radius 1 is 0.529 bits per heavy atom. The Kier molecular flexibility index (Phi) is 19.1. The van der Waals surface area contributed by atoms with E-state index >= 15 is 8.78 Å². The summed E-state index contributed by atoms with van der Waals surface area (Å²) >= 11 is 0. The number of Topliss-reactive ketones (excluding diaryl/α,β-unsaturated/α-hetero) is 2. The van der Waals surface area contributed by atoms with Crippen LogP contribution in [0.5, 0.6) is 0 Å². The van der Waals surface area contributed by atoms with Crippen LogP contribution in [0.15, 0.2) is 94.5 Å². The summed E-state index contributed by atoms with van der Waals surface area (Å²) < 4.78 is 30.1. The Morgan fingerprint density at radius 3 is 1.49 bits per heavy atom. The topological polar surface area (TPSA) is 213 Å². The minimum absolute atomic E-state index is 0.0369. The third kappa shape index (κ3) is 12.6. The number of aromatic amines is 2. The van der Waals surface area contributed by atoms with Crippen molar-refractivity contribution in [2.24, 2.45) is 69.0 Å². The summed E-state index contributed by atoms with van der Waals surface area (Å²) in [6, 6.07) is 23.7. The SMILES string of the molecule is C[C@]12CCC(=O)C[C@@H]1CC[C@@H]1[C@@H]2CC[C@@]2(C)[C@H]1CC[C@@]2(O)C#CCN1CCN(C(=O)c2cc(Cc3n[nH]c(=O)c4ccccc34)ccc2F)CC1.C[C@]12CCC(=O)C[C@@H]1CC[C@@H]1[C@@H]2CC[C@@]2(C)[C@H]1CC[C@@]2(O)CCCN1CCN(C(=O)c2cc(Cc3n[nH]c(=O)c4ccccc34)ccc2F)CC1. The zero-order valence-electron chi connectivity index (χ0n) is 60.1. The maximum atomic E-state index is 15.0. The monoisotopic (exact) mass is 1390 g/mol. The van der Waals surface area contributed by atoms with E-state index in [0.29, 0.717) is 146 Å². The summed E-state index contributed by atoms with van der Waals surface area (Å²) in [5, 5.41) is 40.5. The van der Waals surface area contributed by atoms with Gasteiger partial charge in [0.1, 0.15) is 28.8 Å². The summed E-state index contributed by atoms with van der Waals surface area (Å²) in [5.41, 5.74) is 1.03. The molecule has 4 heterocycles. The highest BCUT2D eigenvalue weighted by molar-refractivity contribution is 5.96. The van der Waals surface area contributed by atoms with Gasteiger partial charge in [0.15, 0.2) is 0 Å². The number of carbonyl (C=O) groups excluding carboxylic acids is 4. The molecule has 8 aliphatic carbocycles. The Morgan fingerprint density at radius 2 is 0.980 bits per heavy atom. The van der Waals surface area contributed by atoms with Gasteiger partial charge in [0, 0.05) is 107 Å². The Labute approximate surface area is 597 Å². The van der Waals surface area contributed by atoms with E-state index in [1.807, 2.05) is 30.3 Å². The summed E-state index contributed by atoms with van der Waals surface area (Å²) in [7, 11) is 0. The van der Waals surface area contributed by atoms with Gasteiger partial charge in [-0.25, -0.2) is 19.0 Å². The number of carbonyl (C=O) groups is 4. The molecule has 16 rings (SSSR count). The van der Waals surface area contributed by atoms with E-state index in [1.165, 1.54) is 37.8 Å². The lowest BCUT2D eigenvalue weighted by molar-refractivity contribution is -0.158. The van der Waals surface area contributed by atoms with Crippen molar-refractivity contribution in [2.75, 3.05) is 65.4 Å². The maximum absolute atomic E-state index is 15.0. The quantitative estimate of drug-likeness (QED) is 0.0892. The van der Waals surface area contributed by atoms with Crippen molar-refractivity contribution < 1.29 is 38.2 Å². The lowest BCUT2D eigenvalue weighted by Crippen LogP contribution is -2.56. The molecule has 2 aliphatic heterocycles. The van der Waals surface area contributed by atoms with Gasteiger partial charge in [-0.05, 0) is 220 Å². The molecule has 2 amide bonds. The van der Waals surface area contributed by atoms with E-state index in [9.17, 15) is 39.0 Å². The predicted octanol–water partition coefficient (Wildman–Crippen LogP) is 12.3. The van der Waals surface area contributed by atoms with Gasteiger partial charge in [-0.3, -0.25) is 38.6 Å². The molecular formula is C84H102F2N8O8. The lowest BCUT2D eigenvalue weighted by Gasteiger charge is -2.61. The average molecular weight is 1390 g/mol. The van der Waals surface area contributed by atoms with Crippen molar-refractivity contribution in [2.45, 2.75) is 180 Å². The van der Waals surface area contributed by atoms with E-state index < -0.39 is 22.8 Å². The fourth-order valence-corrected chi connectivity index (χ4v) is 23.0. The highest BCUT2D eigenvalue weighted by atomic mass is 19.1. The number of fused-ring (bicyclic) bond motifs is 12. The van der Waals surface area contributed by atoms with E-state index in [-0.39, 0.29) is 55.7 Å². The van der Waals surface area contributed by atoms with Crippen molar-refractivity contribution in [3.63, 3.8) is 0 Å². The molecule has 16 nitrogen and oxygen atoms in total. The largest absolute Gasteiger partial charge is 0.389 e. The third-order valence-corrected chi connectivity index (χ3v) is 29.2. The normalized spacial score (nSPS) is 33.7. The molecule has 4 aromatic carbocycles. The highest BCUT2D eigenvalue weighted by Gasteiger charge is 2.66. The molecule has 0 unspecified atom stereocenters.